The molecule has 1 N–H and O–H groups in total. The lowest BCUT2D eigenvalue weighted by atomic mass is 10.2. The fourth-order valence-corrected chi connectivity index (χ4v) is 5.39. The van der Waals surface area contributed by atoms with Gasteiger partial charge in [0.05, 0.1) is 27.1 Å². The van der Waals surface area contributed by atoms with Crippen molar-refractivity contribution in [1.29, 1.82) is 0 Å². The van der Waals surface area contributed by atoms with Crippen molar-refractivity contribution in [3.63, 3.8) is 0 Å². The summed E-state index contributed by atoms with van der Waals surface area (Å²) in [6, 6.07) is 5.83. The standard InChI is InChI=1S/C17H20Cl2N2O4S2/c1-4-21(5-2)27(23,24)11-7-8-14(25-6-3)13(9-11)20-17(22)12-10-15(18)26-16(12)19/h7-10H,4-6H2,1-3H3,(H,20,22). The van der Waals surface area contributed by atoms with Crippen LogP contribution in [0.5, 0.6) is 5.75 Å². The summed E-state index contributed by atoms with van der Waals surface area (Å²) in [5.41, 5.74) is 0.458. The molecule has 27 heavy (non-hydrogen) atoms. The predicted octanol–water partition coefficient (Wildman–Crippen LogP) is 4.74. The Morgan fingerprint density at radius 1 is 1.19 bits per heavy atom. The summed E-state index contributed by atoms with van der Waals surface area (Å²) in [5, 5.41) is 2.67. The summed E-state index contributed by atoms with van der Waals surface area (Å²) >= 11 is 13.0. The topological polar surface area (TPSA) is 75.7 Å². The molecule has 1 aromatic carbocycles. The third-order valence-corrected chi connectivity index (χ3v) is 7.28. The number of sulfonamides is 1. The monoisotopic (exact) mass is 450 g/mol. The average Bonchev–Trinajstić information content (AvgIpc) is 2.95. The molecule has 1 amide bonds. The molecule has 1 heterocycles. The summed E-state index contributed by atoms with van der Waals surface area (Å²) in [6.45, 7) is 6.37. The van der Waals surface area contributed by atoms with Gasteiger partial charge in [0.15, 0.2) is 0 Å². The van der Waals surface area contributed by atoms with Crippen molar-refractivity contribution in [3.05, 3.63) is 38.5 Å². The van der Waals surface area contributed by atoms with Gasteiger partial charge >= 0.3 is 0 Å². The first-order valence-corrected chi connectivity index (χ1v) is 11.3. The van der Waals surface area contributed by atoms with E-state index in [1.54, 1.807) is 20.8 Å². The van der Waals surface area contributed by atoms with Crippen molar-refractivity contribution in [1.82, 2.24) is 4.31 Å². The first kappa shape index (κ1) is 22.0. The van der Waals surface area contributed by atoms with E-state index in [-0.39, 0.29) is 20.5 Å². The quantitative estimate of drug-likeness (QED) is 0.629. The third kappa shape index (κ3) is 4.94. The zero-order chi connectivity index (χ0) is 20.2. The zero-order valence-corrected chi connectivity index (χ0v) is 18.2. The van der Waals surface area contributed by atoms with Crippen LogP contribution in [0.4, 0.5) is 5.69 Å². The maximum absolute atomic E-state index is 12.8. The molecule has 0 unspecified atom stereocenters. The molecular formula is C17H20Cl2N2O4S2. The van der Waals surface area contributed by atoms with Crippen LogP contribution >= 0.6 is 34.5 Å². The van der Waals surface area contributed by atoms with E-state index in [0.29, 0.717) is 29.8 Å². The Hall–Kier alpha value is -1.32. The summed E-state index contributed by atoms with van der Waals surface area (Å²) in [6.07, 6.45) is 0. The van der Waals surface area contributed by atoms with E-state index < -0.39 is 15.9 Å². The van der Waals surface area contributed by atoms with Gasteiger partial charge in [-0.1, -0.05) is 37.0 Å². The molecule has 0 atom stereocenters. The number of carbonyl (C=O) groups excluding carboxylic acids is 1. The number of hydrogen-bond acceptors (Lipinski definition) is 5. The molecule has 1 aromatic heterocycles. The highest BCUT2D eigenvalue weighted by Crippen LogP contribution is 2.34. The maximum Gasteiger partial charge on any atom is 0.258 e. The minimum atomic E-state index is -3.68. The van der Waals surface area contributed by atoms with Crippen LogP contribution in [0.2, 0.25) is 8.67 Å². The fraction of sp³-hybridized carbons (Fsp3) is 0.353. The van der Waals surface area contributed by atoms with Gasteiger partial charge < -0.3 is 10.1 Å². The Kier molecular flexibility index (Phi) is 7.53. The predicted molar refractivity (Wildman–Crippen MR) is 110 cm³/mol. The number of carbonyl (C=O) groups is 1. The van der Waals surface area contributed by atoms with Crippen LogP contribution in [-0.4, -0.2) is 38.3 Å². The fourth-order valence-electron chi connectivity index (χ4n) is 2.45. The van der Waals surface area contributed by atoms with Crippen molar-refractivity contribution < 1.29 is 17.9 Å². The van der Waals surface area contributed by atoms with Crippen LogP contribution in [0.1, 0.15) is 31.1 Å². The minimum absolute atomic E-state index is 0.0689. The van der Waals surface area contributed by atoms with Gasteiger partial charge in [0.25, 0.3) is 5.91 Å². The number of benzene rings is 1. The van der Waals surface area contributed by atoms with Gasteiger partial charge in [-0.05, 0) is 31.2 Å². The van der Waals surface area contributed by atoms with Crippen LogP contribution in [0.25, 0.3) is 0 Å². The van der Waals surface area contributed by atoms with Crippen LogP contribution in [0, 0.1) is 0 Å². The number of anilines is 1. The van der Waals surface area contributed by atoms with Crippen molar-refractivity contribution in [2.75, 3.05) is 25.0 Å². The molecular weight excluding hydrogens is 431 g/mol. The number of ether oxygens (including phenoxy) is 1. The van der Waals surface area contributed by atoms with E-state index in [4.69, 9.17) is 27.9 Å². The number of rotatable bonds is 8. The molecule has 2 aromatic rings. The molecule has 10 heteroatoms. The van der Waals surface area contributed by atoms with Gasteiger partial charge in [-0.15, -0.1) is 11.3 Å². The number of amides is 1. The van der Waals surface area contributed by atoms with Crippen LogP contribution < -0.4 is 10.1 Å². The van der Waals surface area contributed by atoms with E-state index in [9.17, 15) is 13.2 Å². The van der Waals surface area contributed by atoms with Gasteiger partial charge in [0, 0.05) is 13.1 Å². The summed E-state index contributed by atoms with van der Waals surface area (Å²) in [7, 11) is -3.68. The lowest BCUT2D eigenvalue weighted by molar-refractivity contribution is 0.102. The Balaban J connectivity index is 2.44. The van der Waals surface area contributed by atoms with Crippen LogP contribution in [-0.2, 0) is 10.0 Å². The Labute approximate surface area is 173 Å². The number of hydrogen-bond donors (Lipinski definition) is 1. The summed E-state index contributed by atoms with van der Waals surface area (Å²) in [5.74, 6) is -0.136. The van der Waals surface area contributed by atoms with Crippen LogP contribution in [0.15, 0.2) is 29.2 Å². The molecule has 0 saturated carbocycles. The van der Waals surface area contributed by atoms with Gasteiger partial charge in [-0.2, -0.15) is 4.31 Å². The number of nitrogens with zero attached hydrogens (tertiary/aromatic N) is 1. The van der Waals surface area contributed by atoms with Crippen molar-refractivity contribution in [3.8, 4) is 5.75 Å². The number of nitrogens with one attached hydrogen (secondary N) is 1. The largest absolute Gasteiger partial charge is 0.492 e. The lowest BCUT2D eigenvalue weighted by Gasteiger charge is -2.20. The Morgan fingerprint density at radius 3 is 2.37 bits per heavy atom. The molecule has 0 aliphatic rings. The normalized spacial score (nSPS) is 11.6. The zero-order valence-electron chi connectivity index (χ0n) is 15.1. The lowest BCUT2D eigenvalue weighted by Crippen LogP contribution is -2.30. The third-order valence-electron chi connectivity index (χ3n) is 3.74. The first-order chi connectivity index (χ1) is 12.7. The number of thiophene rings is 1. The highest BCUT2D eigenvalue weighted by atomic mass is 35.5. The van der Waals surface area contributed by atoms with Crippen LogP contribution in [0.3, 0.4) is 0 Å². The molecule has 148 valence electrons. The molecule has 6 nitrogen and oxygen atoms in total. The van der Waals surface area contributed by atoms with Crippen molar-refractivity contribution in [2.24, 2.45) is 0 Å². The smallest absolute Gasteiger partial charge is 0.258 e. The summed E-state index contributed by atoms with van der Waals surface area (Å²) < 4.78 is 33.0. The Morgan fingerprint density at radius 2 is 1.85 bits per heavy atom. The van der Waals surface area contributed by atoms with E-state index in [1.165, 1.54) is 28.6 Å². The summed E-state index contributed by atoms with van der Waals surface area (Å²) in [4.78, 5) is 12.6. The highest BCUT2D eigenvalue weighted by Gasteiger charge is 2.24. The number of halogens is 2. The molecule has 0 fully saturated rings. The molecule has 0 aliphatic heterocycles. The van der Waals surface area contributed by atoms with E-state index >= 15 is 0 Å². The van der Waals surface area contributed by atoms with Gasteiger partial charge in [0.1, 0.15) is 10.1 Å². The SMILES string of the molecule is CCOc1ccc(S(=O)(=O)N(CC)CC)cc1NC(=O)c1cc(Cl)sc1Cl. The van der Waals surface area contributed by atoms with Gasteiger partial charge in [-0.25, -0.2) is 8.42 Å². The maximum atomic E-state index is 12.8. The van der Waals surface area contributed by atoms with E-state index in [1.807, 2.05) is 0 Å². The second-order valence-electron chi connectivity index (χ2n) is 5.37. The van der Waals surface area contributed by atoms with E-state index in [2.05, 4.69) is 5.32 Å². The molecule has 0 spiro atoms. The Bertz CT molecular complexity index is 925. The highest BCUT2D eigenvalue weighted by molar-refractivity contribution is 7.89. The van der Waals surface area contributed by atoms with E-state index in [0.717, 1.165) is 11.3 Å². The van der Waals surface area contributed by atoms with Gasteiger partial charge in [-0.3, -0.25) is 4.79 Å². The second-order valence-corrected chi connectivity index (χ2v) is 9.60. The molecule has 0 bridgehead atoms. The van der Waals surface area contributed by atoms with Crippen molar-refractivity contribution >= 4 is 56.2 Å². The molecule has 0 aliphatic carbocycles. The first-order valence-electron chi connectivity index (χ1n) is 8.27. The minimum Gasteiger partial charge on any atom is -0.492 e. The average molecular weight is 451 g/mol. The van der Waals surface area contributed by atoms with Gasteiger partial charge in [0.2, 0.25) is 10.0 Å². The molecule has 0 radical (unpaired) electrons. The second kappa shape index (κ2) is 9.25. The van der Waals surface area contributed by atoms with Crippen molar-refractivity contribution in [2.45, 2.75) is 25.7 Å². The molecule has 0 saturated heterocycles. The molecule has 2 rings (SSSR count).